The molecule has 1 N–H and O–H groups in total. The van der Waals surface area contributed by atoms with E-state index >= 15 is 0 Å². The van der Waals surface area contributed by atoms with Crippen LogP contribution in [-0.2, 0) is 0 Å². The van der Waals surface area contributed by atoms with E-state index in [9.17, 15) is 4.79 Å². The van der Waals surface area contributed by atoms with E-state index in [2.05, 4.69) is 27.3 Å². The van der Waals surface area contributed by atoms with Crippen molar-refractivity contribution in [3.05, 3.63) is 77.0 Å². The minimum atomic E-state index is -0.107. The third-order valence-electron chi connectivity index (χ3n) is 4.95. The normalized spacial score (nSPS) is 14.0. The van der Waals surface area contributed by atoms with Gasteiger partial charge in [0.2, 0.25) is 0 Å². The second-order valence-electron chi connectivity index (χ2n) is 6.80. The Kier molecular flexibility index (Phi) is 5.88. The van der Waals surface area contributed by atoms with Gasteiger partial charge in [-0.25, -0.2) is 4.79 Å². The Balaban J connectivity index is 1.35. The number of urea groups is 1. The first kappa shape index (κ1) is 19.6. The molecule has 0 aliphatic carbocycles. The van der Waals surface area contributed by atoms with Crippen molar-refractivity contribution in [3.63, 3.8) is 0 Å². The summed E-state index contributed by atoms with van der Waals surface area (Å²) in [6, 6.07) is 17.9. The number of carbonyl (C=O) groups excluding carboxylic acids is 1. The molecule has 2 amide bonds. The third-order valence-corrected chi connectivity index (χ3v) is 5.51. The van der Waals surface area contributed by atoms with Gasteiger partial charge in [-0.1, -0.05) is 65.7 Å². The van der Waals surface area contributed by atoms with E-state index < -0.39 is 0 Å². The molecule has 1 aliphatic rings. The van der Waals surface area contributed by atoms with E-state index in [1.807, 2.05) is 42.5 Å². The van der Waals surface area contributed by atoms with Crippen molar-refractivity contribution in [2.24, 2.45) is 0 Å². The first-order chi connectivity index (χ1) is 14.1. The summed E-state index contributed by atoms with van der Waals surface area (Å²) in [7, 11) is 0. The maximum Gasteiger partial charge on any atom is 0.321 e. The van der Waals surface area contributed by atoms with Crippen molar-refractivity contribution in [2.45, 2.75) is 0 Å². The number of pyridine rings is 1. The van der Waals surface area contributed by atoms with E-state index in [0.717, 1.165) is 22.5 Å². The van der Waals surface area contributed by atoms with Crippen LogP contribution < -0.4 is 10.2 Å². The molecular weight excluding hydrogens is 407 g/mol. The number of nitrogens with zero attached hydrogens (tertiary/aromatic N) is 3. The second kappa shape index (κ2) is 8.72. The Bertz CT molecular complexity index is 967. The van der Waals surface area contributed by atoms with Gasteiger partial charge in [0.1, 0.15) is 0 Å². The summed E-state index contributed by atoms with van der Waals surface area (Å²) in [5.41, 5.74) is 3.82. The fourth-order valence-corrected chi connectivity index (χ4v) is 4.02. The van der Waals surface area contributed by atoms with Crippen LogP contribution in [0.5, 0.6) is 0 Å². The van der Waals surface area contributed by atoms with Crippen LogP contribution in [0.25, 0.3) is 11.1 Å². The van der Waals surface area contributed by atoms with Crippen LogP contribution in [0.2, 0.25) is 10.0 Å². The standard InChI is InChI=1S/C22H20Cl2N4O/c23-19-14-25-15-20(24)21(19)27-10-12-28(13-11-27)22(29)26-18-8-6-17(7-9-18)16-4-2-1-3-5-16/h1-9,14-15H,10-13H2,(H,26,29). The van der Waals surface area contributed by atoms with Gasteiger partial charge >= 0.3 is 6.03 Å². The number of hydrogen-bond donors (Lipinski definition) is 1. The highest BCUT2D eigenvalue weighted by Crippen LogP contribution is 2.33. The highest BCUT2D eigenvalue weighted by atomic mass is 35.5. The van der Waals surface area contributed by atoms with Crippen LogP contribution in [0.1, 0.15) is 0 Å². The van der Waals surface area contributed by atoms with E-state index in [-0.39, 0.29) is 6.03 Å². The van der Waals surface area contributed by atoms with Gasteiger partial charge in [0.05, 0.1) is 15.7 Å². The molecule has 3 aromatic rings. The number of rotatable bonds is 3. The SMILES string of the molecule is O=C(Nc1ccc(-c2ccccc2)cc1)N1CCN(c2c(Cl)cncc2Cl)CC1. The lowest BCUT2D eigenvalue weighted by Gasteiger charge is -2.36. The van der Waals surface area contributed by atoms with Crippen LogP contribution in [0.15, 0.2) is 67.0 Å². The zero-order valence-electron chi connectivity index (χ0n) is 15.7. The summed E-state index contributed by atoms with van der Waals surface area (Å²) < 4.78 is 0. The summed E-state index contributed by atoms with van der Waals surface area (Å²) in [5.74, 6) is 0. The molecule has 1 saturated heterocycles. The molecule has 1 aromatic heterocycles. The fourth-order valence-electron chi connectivity index (χ4n) is 3.42. The van der Waals surface area contributed by atoms with Crippen LogP contribution in [0.3, 0.4) is 0 Å². The number of halogens is 2. The van der Waals surface area contributed by atoms with Gasteiger partial charge in [-0.2, -0.15) is 0 Å². The van der Waals surface area contributed by atoms with Gasteiger partial charge in [0.15, 0.2) is 0 Å². The number of carbonyl (C=O) groups is 1. The van der Waals surface area contributed by atoms with Gasteiger partial charge in [0.25, 0.3) is 0 Å². The Morgan fingerprint density at radius 2 is 1.41 bits per heavy atom. The molecule has 2 aromatic carbocycles. The van der Waals surface area contributed by atoms with Crippen molar-refractivity contribution >= 4 is 40.6 Å². The zero-order valence-corrected chi connectivity index (χ0v) is 17.2. The molecule has 1 aliphatic heterocycles. The van der Waals surface area contributed by atoms with E-state index in [0.29, 0.717) is 36.2 Å². The number of hydrogen-bond acceptors (Lipinski definition) is 3. The average molecular weight is 427 g/mol. The molecule has 7 heteroatoms. The van der Waals surface area contributed by atoms with Gasteiger partial charge in [-0.3, -0.25) is 4.98 Å². The minimum Gasteiger partial charge on any atom is -0.365 e. The maximum atomic E-state index is 12.6. The molecule has 1 fully saturated rings. The van der Waals surface area contributed by atoms with Gasteiger partial charge in [0, 0.05) is 44.3 Å². The number of nitrogens with one attached hydrogen (secondary N) is 1. The lowest BCUT2D eigenvalue weighted by Crippen LogP contribution is -2.50. The lowest BCUT2D eigenvalue weighted by atomic mass is 10.1. The Labute approximate surface area is 179 Å². The van der Waals surface area contributed by atoms with Crippen molar-refractivity contribution in [2.75, 3.05) is 36.4 Å². The van der Waals surface area contributed by atoms with Crippen molar-refractivity contribution in [3.8, 4) is 11.1 Å². The first-order valence-electron chi connectivity index (χ1n) is 9.37. The van der Waals surface area contributed by atoms with Crippen molar-refractivity contribution in [1.29, 1.82) is 0 Å². The number of benzene rings is 2. The topological polar surface area (TPSA) is 48.5 Å². The molecule has 0 bridgehead atoms. The van der Waals surface area contributed by atoms with Gasteiger partial charge < -0.3 is 15.1 Å². The maximum absolute atomic E-state index is 12.6. The monoisotopic (exact) mass is 426 g/mol. The zero-order chi connectivity index (χ0) is 20.2. The van der Waals surface area contributed by atoms with E-state index in [1.54, 1.807) is 17.3 Å². The lowest BCUT2D eigenvalue weighted by molar-refractivity contribution is 0.208. The molecule has 0 atom stereocenters. The molecular formula is C22H20Cl2N4O. The number of anilines is 2. The Morgan fingerprint density at radius 1 is 0.828 bits per heavy atom. The second-order valence-corrected chi connectivity index (χ2v) is 7.61. The largest absolute Gasteiger partial charge is 0.365 e. The average Bonchev–Trinajstić information content (AvgIpc) is 2.75. The molecule has 2 heterocycles. The van der Waals surface area contributed by atoms with Gasteiger partial charge in [-0.05, 0) is 23.3 Å². The summed E-state index contributed by atoms with van der Waals surface area (Å²) >= 11 is 12.5. The smallest absolute Gasteiger partial charge is 0.321 e. The van der Waals surface area contributed by atoms with Crippen LogP contribution >= 0.6 is 23.2 Å². The minimum absolute atomic E-state index is 0.107. The summed E-state index contributed by atoms with van der Waals surface area (Å²) in [6.07, 6.45) is 3.17. The Morgan fingerprint density at radius 3 is 2.03 bits per heavy atom. The molecule has 0 radical (unpaired) electrons. The first-order valence-corrected chi connectivity index (χ1v) is 10.1. The highest BCUT2D eigenvalue weighted by molar-refractivity contribution is 6.38. The van der Waals surface area contributed by atoms with Crippen molar-refractivity contribution < 1.29 is 4.79 Å². The third kappa shape index (κ3) is 4.47. The molecule has 0 saturated carbocycles. The predicted octanol–water partition coefficient (Wildman–Crippen LogP) is 5.41. The van der Waals surface area contributed by atoms with Crippen LogP contribution in [-0.4, -0.2) is 42.1 Å². The summed E-state index contributed by atoms with van der Waals surface area (Å²) in [5, 5.41) is 4.02. The number of piperazine rings is 1. The van der Waals surface area contributed by atoms with Crippen molar-refractivity contribution in [1.82, 2.24) is 9.88 Å². The quantitative estimate of drug-likeness (QED) is 0.608. The fraction of sp³-hybridized carbons (Fsp3) is 0.182. The molecule has 5 nitrogen and oxygen atoms in total. The van der Waals surface area contributed by atoms with Gasteiger partial charge in [-0.15, -0.1) is 0 Å². The van der Waals surface area contributed by atoms with E-state index in [1.165, 1.54) is 0 Å². The molecule has 0 spiro atoms. The highest BCUT2D eigenvalue weighted by Gasteiger charge is 2.24. The number of aromatic nitrogens is 1. The Hall–Kier alpha value is -2.76. The number of amides is 2. The molecule has 29 heavy (non-hydrogen) atoms. The van der Waals surface area contributed by atoms with Crippen LogP contribution in [0.4, 0.5) is 16.2 Å². The summed E-state index contributed by atoms with van der Waals surface area (Å²) in [6.45, 7) is 2.49. The molecule has 148 valence electrons. The predicted molar refractivity (Wildman–Crippen MR) is 119 cm³/mol. The molecule has 4 rings (SSSR count). The van der Waals surface area contributed by atoms with E-state index in [4.69, 9.17) is 23.2 Å². The van der Waals surface area contributed by atoms with Crippen LogP contribution in [0, 0.1) is 0 Å². The molecule has 0 unspecified atom stereocenters. The summed E-state index contributed by atoms with van der Waals surface area (Å²) in [4.78, 5) is 20.5.